The van der Waals surface area contributed by atoms with Crippen LogP contribution in [0, 0.1) is 0 Å². The zero-order valence-corrected chi connectivity index (χ0v) is 23.0. The quantitative estimate of drug-likeness (QED) is 0.275. The first-order valence-electron chi connectivity index (χ1n) is 11.1. The molecule has 0 spiro atoms. The number of carbonyl (C=O) groups is 1. The van der Waals surface area contributed by atoms with E-state index < -0.39 is 22.5 Å². The fourth-order valence-electron chi connectivity index (χ4n) is 3.54. The summed E-state index contributed by atoms with van der Waals surface area (Å²) in [6.07, 6.45) is 1.41. The molecule has 0 unspecified atom stereocenters. The van der Waals surface area contributed by atoms with E-state index in [0.29, 0.717) is 33.0 Å². The highest BCUT2D eigenvalue weighted by Gasteiger charge is 2.28. The highest BCUT2D eigenvalue weighted by Crippen LogP contribution is 2.36. The lowest BCUT2D eigenvalue weighted by atomic mass is 10.2. The Morgan fingerprint density at radius 2 is 1.68 bits per heavy atom. The lowest BCUT2D eigenvalue weighted by Crippen LogP contribution is -2.39. The maximum Gasteiger partial charge on any atom is 0.264 e. The van der Waals surface area contributed by atoms with Crippen molar-refractivity contribution in [3.05, 3.63) is 64.6 Å². The van der Waals surface area contributed by atoms with Crippen LogP contribution in [0.4, 0.5) is 5.69 Å². The van der Waals surface area contributed by atoms with Crippen LogP contribution < -0.4 is 33.4 Å². The number of halogens is 1. The number of sulfonamides is 1. The number of fused-ring (bicyclic) bond motifs is 1. The van der Waals surface area contributed by atoms with Crippen LogP contribution in [0.2, 0.25) is 0 Å². The van der Waals surface area contributed by atoms with Gasteiger partial charge in [-0.1, -0.05) is 0 Å². The monoisotopic (exact) mass is 605 g/mol. The molecule has 38 heavy (non-hydrogen) atoms. The fourth-order valence-corrected chi connectivity index (χ4v) is 5.40. The minimum Gasteiger partial charge on any atom is -0.497 e. The molecule has 0 fully saturated rings. The summed E-state index contributed by atoms with van der Waals surface area (Å²) in [7, 11) is 0.136. The van der Waals surface area contributed by atoms with E-state index in [9.17, 15) is 13.2 Å². The van der Waals surface area contributed by atoms with Crippen molar-refractivity contribution < 1.29 is 36.9 Å². The number of hydrogen-bond donors (Lipinski definition) is 1. The molecule has 11 nitrogen and oxygen atoms in total. The summed E-state index contributed by atoms with van der Waals surface area (Å²) in [6, 6.07) is 13.9. The highest BCUT2D eigenvalue weighted by atomic mass is 79.9. The molecule has 1 aliphatic heterocycles. The predicted octanol–water partition coefficient (Wildman–Crippen LogP) is 3.55. The number of hydrazone groups is 1. The first kappa shape index (κ1) is 27.1. The highest BCUT2D eigenvalue weighted by molar-refractivity contribution is 9.10. The lowest BCUT2D eigenvalue weighted by molar-refractivity contribution is -0.119. The van der Waals surface area contributed by atoms with Gasteiger partial charge in [-0.25, -0.2) is 13.8 Å². The zero-order valence-electron chi connectivity index (χ0n) is 20.6. The molecular weight excluding hydrogens is 582 g/mol. The molecule has 0 bridgehead atoms. The van der Waals surface area contributed by atoms with Gasteiger partial charge in [0.2, 0.25) is 6.79 Å². The molecule has 1 heterocycles. The molecule has 200 valence electrons. The summed E-state index contributed by atoms with van der Waals surface area (Å²) >= 11 is 3.42. The van der Waals surface area contributed by atoms with Gasteiger partial charge in [0.25, 0.3) is 15.9 Å². The van der Waals surface area contributed by atoms with Crippen LogP contribution in [0.1, 0.15) is 5.56 Å². The maximum absolute atomic E-state index is 13.7. The molecule has 0 aromatic heterocycles. The summed E-state index contributed by atoms with van der Waals surface area (Å²) in [6.45, 7) is -0.433. The van der Waals surface area contributed by atoms with E-state index in [1.807, 2.05) is 0 Å². The standard InChI is InChI=1S/C25H24BrN3O8S/c1-33-18-6-4-17(5-7-18)29(38(31,32)19-8-9-21(34-2)22(11-19)35-3)14-25(30)28-27-13-16-10-23-24(12-20(16)26)37-15-36-23/h4-13H,14-15H2,1-3H3,(H,28,30)/b27-13-. The van der Waals surface area contributed by atoms with E-state index in [1.54, 1.807) is 24.3 Å². The number of carbonyl (C=O) groups excluding carboxylic acids is 1. The normalized spacial score (nSPS) is 12.3. The zero-order chi connectivity index (χ0) is 27.3. The van der Waals surface area contributed by atoms with Gasteiger partial charge in [0.15, 0.2) is 23.0 Å². The van der Waals surface area contributed by atoms with Gasteiger partial charge in [0, 0.05) is 16.1 Å². The number of nitrogens with zero attached hydrogens (tertiary/aromatic N) is 2. The number of nitrogens with one attached hydrogen (secondary N) is 1. The second-order valence-corrected chi connectivity index (χ2v) is 10.5. The molecular formula is C25H24BrN3O8S. The minimum atomic E-state index is -4.21. The molecule has 1 N–H and O–H groups in total. The van der Waals surface area contributed by atoms with Crippen LogP contribution >= 0.6 is 15.9 Å². The van der Waals surface area contributed by atoms with E-state index in [1.165, 1.54) is 57.9 Å². The third-order valence-electron chi connectivity index (χ3n) is 5.48. The Morgan fingerprint density at radius 3 is 2.34 bits per heavy atom. The summed E-state index contributed by atoms with van der Waals surface area (Å²) in [4.78, 5) is 12.8. The number of rotatable bonds is 10. The van der Waals surface area contributed by atoms with Gasteiger partial charge >= 0.3 is 0 Å². The molecule has 0 atom stereocenters. The summed E-state index contributed by atoms with van der Waals surface area (Å²) in [5.74, 6) is 1.59. The van der Waals surface area contributed by atoms with Gasteiger partial charge in [0.05, 0.1) is 38.1 Å². The Balaban J connectivity index is 1.59. The number of anilines is 1. The van der Waals surface area contributed by atoms with Gasteiger partial charge < -0.3 is 23.7 Å². The second-order valence-electron chi connectivity index (χ2n) is 7.75. The van der Waals surface area contributed by atoms with Crippen molar-refractivity contribution in [3.8, 4) is 28.7 Å². The molecule has 4 rings (SSSR count). The molecule has 0 radical (unpaired) electrons. The molecule has 1 aliphatic rings. The number of hydrogen-bond acceptors (Lipinski definition) is 9. The Morgan fingerprint density at radius 1 is 1.00 bits per heavy atom. The fraction of sp³-hybridized carbons (Fsp3) is 0.200. The molecule has 3 aromatic carbocycles. The average molecular weight is 606 g/mol. The summed E-state index contributed by atoms with van der Waals surface area (Å²) in [5.41, 5.74) is 3.25. The van der Waals surface area contributed by atoms with Crippen LogP contribution in [0.3, 0.4) is 0 Å². The van der Waals surface area contributed by atoms with E-state index >= 15 is 0 Å². The first-order chi connectivity index (χ1) is 18.3. The number of amides is 1. The SMILES string of the molecule is COc1ccc(N(CC(=O)N/N=C\c2cc3c(cc2Br)OCO3)S(=O)(=O)c2ccc(OC)c(OC)c2)cc1. The largest absolute Gasteiger partial charge is 0.497 e. The van der Waals surface area contributed by atoms with Gasteiger partial charge in [-0.15, -0.1) is 0 Å². The van der Waals surface area contributed by atoms with Crippen molar-refractivity contribution in [3.63, 3.8) is 0 Å². The Hall–Kier alpha value is -3.97. The van der Waals surface area contributed by atoms with Crippen molar-refractivity contribution in [2.75, 3.05) is 39.0 Å². The minimum absolute atomic E-state index is 0.0911. The molecule has 0 saturated carbocycles. The van der Waals surface area contributed by atoms with Crippen molar-refractivity contribution in [1.82, 2.24) is 5.43 Å². The summed E-state index contributed by atoms with van der Waals surface area (Å²) in [5, 5.41) is 3.98. The molecule has 13 heteroatoms. The van der Waals surface area contributed by atoms with E-state index in [2.05, 4.69) is 26.5 Å². The number of methoxy groups -OCH3 is 3. The van der Waals surface area contributed by atoms with Gasteiger partial charge in [-0.3, -0.25) is 9.10 Å². The molecule has 0 saturated heterocycles. The van der Waals surface area contributed by atoms with Gasteiger partial charge in [-0.2, -0.15) is 5.10 Å². The predicted molar refractivity (Wildman–Crippen MR) is 143 cm³/mol. The van der Waals surface area contributed by atoms with Crippen LogP contribution in [0.5, 0.6) is 28.7 Å². The third kappa shape index (κ3) is 5.78. The van der Waals surface area contributed by atoms with Crippen molar-refractivity contribution in [2.24, 2.45) is 5.10 Å². The second kappa shape index (κ2) is 11.6. The summed E-state index contributed by atoms with van der Waals surface area (Å²) < 4.78 is 55.3. The van der Waals surface area contributed by atoms with E-state index in [-0.39, 0.29) is 23.1 Å². The van der Waals surface area contributed by atoms with Crippen molar-refractivity contribution in [2.45, 2.75) is 4.90 Å². The topological polar surface area (TPSA) is 125 Å². The number of benzene rings is 3. The Bertz CT molecular complexity index is 1460. The van der Waals surface area contributed by atoms with E-state index in [4.69, 9.17) is 23.7 Å². The van der Waals surface area contributed by atoms with Gasteiger partial charge in [0.1, 0.15) is 12.3 Å². The Kier molecular flexibility index (Phi) is 8.27. The van der Waals surface area contributed by atoms with Gasteiger partial charge in [-0.05, 0) is 64.5 Å². The Labute approximate surface area is 228 Å². The van der Waals surface area contributed by atoms with E-state index in [0.717, 1.165) is 4.31 Å². The van der Waals surface area contributed by atoms with Crippen molar-refractivity contribution in [1.29, 1.82) is 0 Å². The molecule has 0 aliphatic carbocycles. The van der Waals surface area contributed by atoms with Crippen LogP contribution in [0.15, 0.2) is 69.1 Å². The average Bonchev–Trinajstić information content (AvgIpc) is 3.38. The maximum atomic E-state index is 13.7. The lowest BCUT2D eigenvalue weighted by Gasteiger charge is -2.24. The first-order valence-corrected chi connectivity index (χ1v) is 13.3. The van der Waals surface area contributed by atoms with Crippen LogP contribution in [-0.4, -0.2) is 55.2 Å². The third-order valence-corrected chi connectivity index (χ3v) is 7.93. The van der Waals surface area contributed by atoms with Crippen molar-refractivity contribution >= 4 is 43.8 Å². The van der Waals surface area contributed by atoms with Crippen LogP contribution in [0.25, 0.3) is 0 Å². The molecule has 1 amide bonds. The van der Waals surface area contributed by atoms with Crippen LogP contribution in [-0.2, 0) is 14.8 Å². The number of ether oxygens (including phenoxy) is 5. The smallest absolute Gasteiger partial charge is 0.264 e. The molecule has 3 aromatic rings.